The number of aryl methyl sites for hydroxylation is 1. The van der Waals surface area contributed by atoms with Crippen LogP contribution in [-0.2, 0) is 17.8 Å². The number of amides is 1. The topological polar surface area (TPSA) is 59.8 Å². The third-order valence-corrected chi connectivity index (χ3v) is 5.53. The normalized spacial score (nSPS) is 18.0. The van der Waals surface area contributed by atoms with Crippen molar-refractivity contribution in [3.05, 3.63) is 17.5 Å². The molecule has 1 N–H and O–H groups in total. The highest BCUT2D eigenvalue weighted by atomic mass is 32.2. The van der Waals surface area contributed by atoms with Gasteiger partial charge in [-0.05, 0) is 44.9 Å². The smallest absolute Gasteiger partial charge is 0.230 e. The Bertz CT molecular complexity index is 567. The molecule has 0 saturated carbocycles. The first-order valence-electron chi connectivity index (χ1n) is 8.82. The van der Waals surface area contributed by atoms with Crippen LogP contribution in [0.15, 0.2) is 16.8 Å². The Balaban J connectivity index is 1.40. The van der Waals surface area contributed by atoms with Gasteiger partial charge in [-0.15, -0.1) is 10.2 Å². The van der Waals surface area contributed by atoms with E-state index in [1.807, 2.05) is 0 Å². The van der Waals surface area contributed by atoms with E-state index >= 15 is 0 Å². The predicted molar refractivity (Wildman–Crippen MR) is 92.5 cm³/mol. The fourth-order valence-corrected chi connectivity index (χ4v) is 4.05. The van der Waals surface area contributed by atoms with Crippen molar-refractivity contribution in [1.82, 2.24) is 20.1 Å². The summed E-state index contributed by atoms with van der Waals surface area (Å²) in [4.78, 5) is 12.0. The SMILES string of the molecule is O=C(CSc1nnc2n1CCCCC2)NCCC1=CCCCC1. The van der Waals surface area contributed by atoms with E-state index in [0.717, 1.165) is 36.9 Å². The van der Waals surface area contributed by atoms with E-state index in [9.17, 15) is 4.79 Å². The standard InChI is InChI=1S/C17H26N4OS/c22-16(18-11-10-14-7-3-1-4-8-14)13-23-17-20-19-15-9-5-2-6-12-21(15)17/h7H,1-6,8-13H2,(H,18,22). The molecule has 0 radical (unpaired) electrons. The summed E-state index contributed by atoms with van der Waals surface area (Å²) in [6.07, 6.45) is 13.0. The Morgan fingerprint density at radius 1 is 1.17 bits per heavy atom. The molecule has 5 nitrogen and oxygen atoms in total. The van der Waals surface area contributed by atoms with E-state index in [1.165, 1.54) is 62.3 Å². The summed E-state index contributed by atoms with van der Waals surface area (Å²) in [6, 6.07) is 0. The Kier molecular flexibility index (Phi) is 6.13. The van der Waals surface area contributed by atoms with Gasteiger partial charge >= 0.3 is 0 Å². The van der Waals surface area contributed by atoms with Crippen molar-refractivity contribution in [1.29, 1.82) is 0 Å². The Morgan fingerprint density at radius 2 is 2.09 bits per heavy atom. The molecule has 0 spiro atoms. The monoisotopic (exact) mass is 334 g/mol. The number of carbonyl (C=O) groups is 1. The largest absolute Gasteiger partial charge is 0.355 e. The van der Waals surface area contributed by atoms with Gasteiger partial charge in [-0.3, -0.25) is 4.79 Å². The van der Waals surface area contributed by atoms with Crippen LogP contribution in [0.5, 0.6) is 0 Å². The first-order chi connectivity index (χ1) is 11.3. The third kappa shape index (κ3) is 4.83. The van der Waals surface area contributed by atoms with E-state index in [1.54, 1.807) is 0 Å². The number of carbonyl (C=O) groups excluding carboxylic acids is 1. The summed E-state index contributed by atoms with van der Waals surface area (Å²) in [6.45, 7) is 1.74. The Morgan fingerprint density at radius 3 is 2.96 bits per heavy atom. The van der Waals surface area contributed by atoms with Crippen molar-refractivity contribution in [3.8, 4) is 0 Å². The van der Waals surface area contributed by atoms with Crippen LogP contribution in [0.4, 0.5) is 0 Å². The van der Waals surface area contributed by atoms with E-state index in [4.69, 9.17) is 0 Å². The van der Waals surface area contributed by atoms with Crippen molar-refractivity contribution in [2.45, 2.75) is 69.5 Å². The number of nitrogens with zero attached hydrogens (tertiary/aromatic N) is 3. The molecule has 126 valence electrons. The summed E-state index contributed by atoms with van der Waals surface area (Å²) < 4.78 is 2.19. The molecule has 23 heavy (non-hydrogen) atoms. The number of nitrogens with one attached hydrogen (secondary N) is 1. The highest BCUT2D eigenvalue weighted by Crippen LogP contribution is 2.22. The predicted octanol–water partition coefficient (Wildman–Crippen LogP) is 3.10. The average molecular weight is 334 g/mol. The zero-order valence-electron chi connectivity index (χ0n) is 13.7. The zero-order chi connectivity index (χ0) is 15.9. The first kappa shape index (κ1) is 16.6. The van der Waals surface area contributed by atoms with Gasteiger partial charge in [0.15, 0.2) is 5.16 Å². The number of rotatable bonds is 6. The molecule has 1 amide bonds. The van der Waals surface area contributed by atoms with Crippen molar-refractivity contribution >= 4 is 17.7 Å². The maximum Gasteiger partial charge on any atom is 0.230 e. The second-order valence-electron chi connectivity index (χ2n) is 6.36. The van der Waals surface area contributed by atoms with Crippen LogP contribution < -0.4 is 5.32 Å². The van der Waals surface area contributed by atoms with Gasteiger partial charge in [0.05, 0.1) is 5.75 Å². The Hall–Kier alpha value is -1.30. The van der Waals surface area contributed by atoms with Crippen LogP contribution in [0.1, 0.15) is 57.2 Å². The molecular weight excluding hydrogens is 308 g/mol. The molecule has 0 saturated heterocycles. The molecule has 2 heterocycles. The molecule has 0 bridgehead atoms. The number of allylic oxidation sites excluding steroid dienone is 1. The molecule has 1 aliphatic heterocycles. The van der Waals surface area contributed by atoms with E-state index in [2.05, 4.69) is 26.2 Å². The van der Waals surface area contributed by atoms with Gasteiger partial charge in [-0.25, -0.2) is 0 Å². The van der Waals surface area contributed by atoms with E-state index < -0.39 is 0 Å². The minimum atomic E-state index is 0.0948. The lowest BCUT2D eigenvalue weighted by Gasteiger charge is -2.12. The molecule has 3 rings (SSSR count). The quantitative estimate of drug-likeness (QED) is 0.641. The lowest BCUT2D eigenvalue weighted by Crippen LogP contribution is -2.26. The maximum atomic E-state index is 12.0. The van der Waals surface area contributed by atoms with E-state index in [-0.39, 0.29) is 5.91 Å². The maximum absolute atomic E-state index is 12.0. The van der Waals surface area contributed by atoms with Crippen LogP contribution in [0, 0.1) is 0 Å². The second kappa shape index (κ2) is 8.52. The zero-order valence-corrected chi connectivity index (χ0v) is 14.5. The highest BCUT2D eigenvalue weighted by Gasteiger charge is 2.16. The van der Waals surface area contributed by atoms with Crippen LogP contribution >= 0.6 is 11.8 Å². The van der Waals surface area contributed by atoms with Crippen molar-refractivity contribution < 1.29 is 4.79 Å². The summed E-state index contributed by atoms with van der Waals surface area (Å²) >= 11 is 1.51. The molecule has 0 fully saturated rings. The first-order valence-corrected chi connectivity index (χ1v) is 9.81. The highest BCUT2D eigenvalue weighted by molar-refractivity contribution is 7.99. The molecule has 1 aromatic rings. The average Bonchev–Trinajstić information content (AvgIpc) is 2.80. The molecular formula is C17H26N4OS. The fraction of sp³-hybridized carbons (Fsp3) is 0.706. The van der Waals surface area contributed by atoms with Crippen LogP contribution in [0.25, 0.3) is 0 Å². The van der Waals surface area contributed by atoms with Crippen LogP contribution in [0.3, 0.4) is 0 Å². The van der Waals surface area contributed by atoms with Gasteiger partial charge in [0, 0.05) is 19.5 Å². The van der Waals surface area contributed by atoms with Crippen LogP contribution in [0.2, 0.25) is 0 Å². The van der Waals surface area contributed by atoms with Crippen molar-refractivity contribution in [3.63, 3.8) is 0 Å². The molecule has 0 atom stereocenters. The van der Waals surface area contributed by atoms with E-state index in [0.29, 0.717) is 5.75 Å². The van der Waals surface area contributed by atoms with Gasteiger partial charge < -0.3 is 9.88 Å². The number of fused-ring (bicyclic) bond motifs is 1. The summed E-state index contributed by atoms with van der Waals surface area (Å²) in [5, 5.41) is 12.4. The van der Waals surface area contributed by atoms with Crippen molar-refractivity contribution in [2.75, 3.05) is 12.3 Å². The molecule has 1 aromatic heterocycles. The van der Waals surface area contributed by atoms with Crippen molar-refractivity contribution in [2.24, 2.45) is 0 Å². The second-order valence-corrected chi connectivity index (χ2v) is 7.30. The van der Waals surface area contributed by atoms with Gasteiger partial charge in [-0.1, -0.05) is 29.8 Å². The fourth-order valence-electron chi connectivity index (χ4n) is 3.24. The number of hydrogen-bond donors (Lipinski definition) is 1. The summed E-state index contributed by atoms with van der Waals surface area (Å²) in [5.74, 6) is 1.60. The van der Waals surface area contributed by atoms with Gasteiger partial charge in [-0.2, -0.15) is 0 Å². The van der Waals surface area contributed by atoms with Gasteiger partial charge in [0.2, 0.25) is 5.91 Å². The lowest BCUT2D eigenvalue weighted by atomic mass is 9.97. The molecule has 1 aliphatic carbocycles. The van der Waals surface area contributed by atoms with Gasteiger partial charge in [0.1, 0.15) is 5.82 Å². The van der Waals surface area contributed by atoms with Crippen LogP contribution in [-0.4, -0.2) is 33.0 Å². The molecule has 0 aromatic carbocycles. The number of aromatic nitrogens is 3. The third-order valence-electron chi connectivity index (χ3n) is 4.56. The summed E-state index contributed by atoms with van der Waals surface area (Å²) in [7, 11) is 0. The van der Waals surface area contributed by atoms with Gasteiger partial charge in [0.25, 0.3) is 0 Å². The number of hydrogen-bond acceptors (Lipinski definition) is 4. The lowest BCUT2D eigenvalue weighted by molar-refractivity contribution is -0.118. The minimum absolute atomic E-state index is 0.0948. The Labute approximate surface area is 142 Å². The minimum Gasteiger partial charge on any atom is -0.355 e. The summed E-state index contributed by atoms with van der Waals surface area (Å²) in [5.41, 5.74) is 1.51. The molecule has 6 heteroatoms. The molecule has 2 aliphatic rings. The number of thioether (sulfide) groups is 1. The molecule has 0 unspecified atom stereocenters.